The molecule has 0 atom stereocenters. The minimum absolute atomic E-state index is 0.152. The summed E-state index contributed by atoms with van der Waals surface area (Å²) in [7, 11) is 1.68. The van der Waals surface area contributed by atoms with Gasteiger partial charge in [-0.2, -0.15) is 5.10 Å². The lowest BCUT2D eigenvalue weighted by molar-refractivity contribution is -0.0503. The first-order chi connectivity index (χ1) is 12.0. The lowest BCUT2D eigenvalue weighted by atomic mass is 9.49. The van der Waals surface area contributed by atoms with Crippen molar-refractivity contribution in [1.82, 2.24) is 15.1 Å². The molecule has 1 aromatic rings. The number of aromatic nitrogens is 2. The Bertz CT molecular complexity index is 659. The van der Waals surface area contributed by atoms with Gasteiger partial charge in [-0.25, -0.2) is 4.79 Å². The van der Waals surface area contributed by atoms with Crippen LogP contribution >= 0.6 is 0 Å². The van der Waals surface area contributed by atoms with Crippen molar-refractivity contribution < 1.29 is 14.3 Å². The molecule has 0 spiro atoms. The van der Waals surface area contributed by atoms with Crippen LogP contribution in [0.2, 0.25) is 0 Å². The predicted molar refractivity (Wildman–Crippen MR) is 92.1 cm³/mol. The van der Waals surface area contributed by atoms with Crippen molar-refractivity contribution in [3.8, 4) is 0 Å². The highest BCUT2D eigenvalue weighted by Crippen LogP contribution is 2.59. The number of esters is 1. The average Bonchev–Trinajstić information content (AvgIpc) is 2.94. The monoisotopic (exact) mass is 345 g/mol. The number of carbonyl (C=O) groups is 2. The largest absolute Gasteiger partial charge is 0.461 e. The zero-order valence-electron chi connectivity index (χ0n) is 15.1. The molecule has 0 saturated heterocycles. The molecule has 1 heterocycles. The molecule has 6 heteroatoms. The lowest BCUT2D eigenvalue weighted by Gasteiger charge is -2.56. The van der Waals surface area contributed by atoms with Crippen LogP contribution in [0.3, 0.4) is 0 Å². The molecule has 4 bridgehead atoms. The molecule has 4 aliphatic carbocycles. The van der Waals surface area contributed by atoms with Crippen LogP contribution in [0.15, 0.2) is 6.07 Å². The molecule has 4 fully saturated rings. The Morgan fingerprint density at radius 1 is 1.24 bits per heavy atom. The van der Waals surface area contributed by atoms with Gasteiger partial charge in [-0.3, -0.25) is 9.48 Å². The van der Waals surface area contributed by atoms with E-state index in [-0.39, 0.29) is 11.6 Å². The van der Waals surface area contributed by atoms with Gasteiger partial charge in [-0.1, -0.05) is 0 Å². The number of hydrogen-bond donors (Lipinski definition) is 1. The normalized spacial score (nSPS) is 32.6. The number of amides is 1. The SMILES string of the molecule is CCOC(=O)c1cc(C(=O)NCC23CC4CC(CC(C4)C2)C3)n(C)n1. The third-order valence-electron chi connectivity index (χ3n) is 6.39. The average molecular weight is 345 g/mol. The first-order valence-corrected chi connectivity index (χ1v) is 9.47. The van der Waals surface area contributed by atoms with Gasteiger partial charge in [0.1, 0.15) is 5.69 Å². The predicted octanol–water partition coefficient (Wildman–Crippen LogP) is 2.54. The third kappa shape index (κ3) is 3.07. The van der Waals surface area contributed by atoms with Crippen molar-refractivity contribution >= 4 is 11.9 Å². The highest BCUT2D eigenvalue weighted by Gasteiger charge is 2.50. The van der Waals surface area contributed by atoms with Crippen LogP contribution in [0.5, 0.6) is 0 Å². The summed E-state index contributed by atoms with van der Waals surface area (Å²) < 4.78 is 6.41. The summed E-state index contributed by atoms with van der Waals surface area (Å²) in [6, 6.07) is 1.52. The van der Waals surface area contributed by atoms with E-state index >= 15 is 0 Å². The van der Waals surface area contributed by atoms with Crippen LogP contribution in [0.4, 0.5) is 0 Å². The van der Waals surface area contributed by atoms with Crippen LogP contribution in [0.1, 0.15) is 66.4 Å². The van der Waals surface area contributed by atoms with Crippen molar-refractivity contribution in [3.05, 3.63) is 17.5 Å². The Balaban J connectivity index is 1.42. The summed E-state index contributed by atoms with van der Waals surface area (Å²) in [6.07, 6.45) is 7.99. The molecule has 0 aliphatic heterocycles. The molecule has 1 aromatic heterocycles. The number of carbonyl (C=O) groups excluding carboxylic acids is 2. The molecule has 1 N–H and O–H groups in total. The van der Waals surface area contributed by atoms with E-state index in [1.807, 2.05) is 0 Å². The van der Waals surface area contributed by atoms with Gasteiger partial charge >= 0.3 is 5.97 Å². The van der Waals surface area contributed by atoms with Crippen molar-refractivity contribution in [2.75, 3.05) is 13.2 Å². The van der Waals surface area contributed by atoms with Gasteiger partial charge in [-0.05, 0) is 68.6 Å². The Kier molecular flexibility index (Phi) is 4.08. The number of aryl methyl sites for hydroxylation is 1. The fraction of sp³-hybridized carbons (Fsp3) is 0.737. The maximum absolute atomic E-state index is 12.6. The van der Waals surface area contributed by atoms with Crippen LogP contribution < -0.4 is 5.32 Å². The summed E-state index contributed by atoms with van der Waals surface area (Å²) in [4.78, 5) is 24.4. The van der Waals surface area contributed by atoms with Crippen LogP contribution in [0.25, 0.3) is 0 Å². The molecular weight excluding hydrogens is 318 g/mol. The summed E-state index contributed by atoms with van der Waals surface area (Å²) >= 11 is 0. The van der Waals surface area contributed by atoms with Gasteiger partial charge in [0.2, 0.25) is 0 Å². The number of nitrogens with zero attached hydrogens (tertiary/aromatic N) is 2. The van der Waals surface area contributed by atoms with Crippen molar-refractivity contribution in [1.29, 1.82) is 0 Å². The minimum atomic E-state index is -0.488. The molecular formula is C19H27N3O3. The van der Waals surface area contributed by atoms with Crippen LogP contribution in [-0.2, 0) is 11.8 Å². The number of rotatable bonds is 5. The van der Waals surface area contributed by atoms with Gasteiger partial charge in [0.25, 0.3) is 5.91 Å². The lowest BCUT2D eigenvalue weighted by Crippen LogP contribution is -2.51. The van der Waals surface area contributed by atoms with Gasteiger partial charge in [0.15, 0.2) is 5.69 Å². The molecule has 0 unspecified atom stereocenters. The first kappa shape index (κ1) is 16.6. The van der Waals surface area contributed by atoms with E-state index in [2.05, 4.69) is 10.4 Å². The number of hydrogen-bond acceptors (Lipinski definition) is 4. The highest BCUT2D eigenvalue weighted by molar-refractivity contribution is 5.96. The van der Waals surface area contributed by atoms with Crippen molar-refractivity contribution in [2.45, 2.75) is 45.4 Å². The van der Waals surface area contributed by atoms with Crippen molar-refractivity contribution in [3.63, 3.8) is 0 Å². The molecule has 4 saturated carbocycles. The van der Waals surface area contributed by atoms with E-state index in [1.165, 1.54) is 49.3 Å². The molecule has 5 rings (SSSR count). The Morgan fingerprint density at radius 2 is 1.84 bits per heavy atom. The van der Waals surface area contributed by atoms with E-state index in [9.17, 15) is 9.59 Å². The maximum atomic E-state index is 12.6. The van der Waals surface area contributed by atoms with E-state index in [4.69, 9.17) is 4.74 Å². The number of ether oxygens (including phenoxy) is 1. The van der Waals surface area contributed by atoms with E-state index in [1.54, 1.807) is 14.0 Å². The topological polar surface area (TPSA) is 73.2 Å². The summed E-state index contributed by atoms with van der Waals surface area (Å²) in [6.45, 7) is 2.79. The van der Waals surface area contributed by atoms with E-state index in [0.29, 0.717) is 17.7 Å². The summed E-state index contributed by atoms with van der Waals surface area (Å²) in [5.41, 5.74) is 0.893. The van der Waals surface area contributed by atoms with Gasteiger partial charge in [-0.15, -0.1) is 0 Å². The molecule has 136 valence electrons. The highest BCUT2D eigenvalue weighted by atomic mass is 16.5. The molecule has 0 aromatic carbocycles. The fourth-order valence-corrected chi connectivity index (χ4v) is 5.85. The smallest absolute Gasteiger partial charge is 0.358 e. The van der Waals surface area contributed by atoms with Crippen LogP contribution in [-0.4, -0.2) is 34.8 Å². The summed E-state index contributed by atoms with van der Waals surface area (Å²) in [5.74, 6) is 1.97. The van der Waals surface area contributed by atoms with Gasteiger partial charge in [0.05, 0.1) is 6.61 Å². The quantitative estimate of drug-likeness (QED) is 0.833. The standard InChI is InChI=1S/C19H27N3O3/c1-3-25-18(24)15-7-16(22(2)21-15)17(23)20-11-19-8-12-4-13(9-19)6-14(5-12)10-19/h7,12-14H,3-6,8-11H2,1-2H3,(H,20,23). The van der Waals surface area contributed by atoms with Crippen LogP contribution in [0, 0.1) is 23.2 Å². The Morgan fingerprint density at radius 3 is 2.40 bits per heavy atom. The summed E-state index contributed by atoms with van der Waals surface area (Å²) in [5, 5.41) is 7.24. The second kappa shape index (κ2) is 6.15. The number of nitrogens with one attached hydrogen (secondary N) is 1. The van der Waals surface area contributed by atoms with E-state index in [0.717, 1.165) is 24.3 Å². The zero-order chi connectivity index (χ0) is 17.6. The molecule has 25 heavy (non-hydrogen) atoms. The Hall–Kier alpha value is -1.85. The maximum Gasteiger partial charge on any atom is 0.358 e. The van der Waals surface area contributed by atoms with E-state index < -0.39 is 5.97 Å². The molecule has 6 nitrogen and oxygen atoms in total. The van der Waals surface area contributed by atoms with Crippen molar-refractivity contribution in [2.24, 2.45) is 30.2 Å². The third-order valence-corrected chi connectivity index (χ3v) is 6.39. The Labute approximate surface area is 148 Å². The molecule has 1 amide bonds. The zero-order valence-corrected chi connectivity index (χ0v) is 15.1. The van der Waals surface area contributed by atoms with Gasteiger partial charge in [0, 0.05) is 19.7 Å². The second-order valence-corrected chi connectivity index (χ2v) is 8.36. The second-order valence-electron chi connectivity index (χ2n) is 8.36. The van der Waals surface area contributed by atoms with Gasteiger partial charge < -0.3 is 10.1 Å². The molecule has 4 aliphatic rings. The fourth-order valence-electron chi connectivity index (χ4n) is 5.85. The molecule has 0 radical (unpaired) electrons. The first-order valence-electron chi connectivity index (χ1n) is 9.47. The minimum Gasteiger partial charge on any atom is -0.461 e.